The van der Waals surface area contributed by atoms with E-state index in [0.717, 1.165) is 12.5 Å². The van der Waals surface area contributed by atoms with Crippen molar-refractivity contribution >= 4 is 24.4 Å². The van der Waals surface area contributed by atoms with Crippen molar-refractivity contribution in [2.24, 2.45) is 0 Å². The van der Waals surface area contributed by atoms with Crippen molar-refractivity contribution in [2.75, 3.05) is 6.61 Å². The van der Waals surface area contributed by atoms with E-state index in [1.54, 1.807) is 6.92 Å². The first-order valence-corrected chi connectivity index (χ1v) is 11.1. The van der Waals surface area contributed by atoms with Gasteiger partial charge < -0.3 is 4.74 Å². The molecule has 0 saturated heterocycles. The summed E-state index contributed by atoms with van der Waals surface area (Å²) < 4.78 is 5.13. The molecule has 0 aliphatic carbocycles. The zero-order valence-electron chi connectivity index (χ0n) is 12.8. The van der Waals surface area contributed by atoms with Gasteiger partial charge in [0.25, 0.3) is 0 Å². The zero-order valence-corrected chi connectivity index (χ0v) is 14.5. The Morgan fingerprint density at radius 2 is 1.58 bits per heavy atom. The minimum atomic E-state index is -1.63. The second-order valence-electron chi connectivity index (χ2n) is 5.38. The Hall–Kier alpha value is -0.283. The molecule has 0 aliphatic heterocycles. The summed E-state index contributed by atoms with van der Waals surface area (Å²) in [4.78, 5) is 11.3. The highest BCUT2D eigenvalue weighted by molar-refractivity contribution is 7.20. The maximum Gasteiger partial charge on any atom is 0.333 e. The van der Waals surface area contributed by atoms with E-state index < -0.39 is 7.38 Å². The summed E-state index contributed by atoms with van der Waals surface area (Å²) in [6.45, 7) is 10.1. The fraction of sp³-hybridized carbons (Fsp3) is 0.800. The highest BCUT2D eigenvalue weighted by atomic mass is 35.6. The Balaban J connectivity index is 4.03. The summed E-state index contributed by atoms with van der Waals surface area (Å²) in [5.74, 6) is -0.288. The summed E-state index contributed by atoms with van der Waals surface area (Å²) in [7, 11) is -1.63. The van der Waals surface area contributed by atoms with Crippen LogP contribution in [0.5, 0.6) is 0 Å². The van der Waals surface area contributed by atoms with Crippen molar-refractivity contribution in [3.05, 3.63) is 12.2 Å². The first-order valence-electron chi connectivity index (χ1n) is 7.46. The van der Waals surface area contributed by atoms with Gasteiger partial charge in [-0.05, 0) is 31.5 Å². The molecular formula is C15H29ClO2Si. The number of carbonyl (C=O) groups is 1. The van der Waals surface area contributed by atoms with Gasteiger partial charge in [0.1, 0.15) is 0 Å². The third-order valence-electron chi connectivity index (χ3n) is 3.31. The third kappa shape index (κ3) is 9.28. The van der Waals surface area contributed by atoms with Gasteiger partial charge in [-0.1, -0.05) is 46.1 Å². The van der Waals surface area contributed by atoms with Gasteiger partial charge in [-0.15, -0.1) is 0 Å². The van der Waals surface area contributed by atoms with Crippen LogP contribution in [0.4, 0.5) is 0 Å². The molecule has 0 aromatic carbocycles. The maximum atomic E-state index is 11.3. The van der Waals surface area contributed by atoms with Gasteiger partial charge in [-0.25, -0.2) is 4.79 Å². The van der Waals surface area contributed by atoms with E-state index in [1.165, 1.54) is 37.8 Å². The van der Waals surface area contributed by atoms with E-state index in [0.29, 0.717) is 12.2 Å². The van der Waals surface area contributed by atoms with Crippen molar-refractivity contribution in [3.8, 4) is 0 Å². The molecule has 4 heteroatoms. The van der Waals surface area contributed by atoms with Crippen LogP contribution in [0.25, 0.3) is 0 Å². The molecule has 0 unspecified atom stereocenters. The van der Waals surface area contributed by atoms with Gasteiger partial charge in [-0.2, -0.15) is 11.1 Å². The topological polar surface area (TPSA) is 26.3 Å². The van der Waals surface area contributed by atoms with Crippen LogP contribution in [0.3, 0.4) is 0 Å². The predicted octanol–water partition coefficient (Wildman–Crippen LogP) is 5.28. The molecule has 0 heterocycles. The number of carbonyl (C=O) groups excluding carboxylic acids is 1. The number of hydrogen-bond acceptors (Lipinski definition) is 2. The number of rotatable bonds is 11. The minimum absolute atomic E-state index is 0.288. The summed E-state index contributed by atoms with van der Waals surface area (Å²) in [5.41, 5.74) is 0.464. The molecule has 0 aromatic heterocycles. The highest BCUT2D eigenvalue weighted by Crippen LogP contribution is 2.31. The lowest BCUT2D eigenvalue weighted by Crippen LogP contribution is -2.27. The monoisotopic (exact) mass is 304 g/mol. The second-order valence-corrected chi connectivity index (χ2v) is 11.6. The SMILES string of the molecule is C=C(C)C(=O)OCCC[Si](Cl)(CCCC)CCCC. The number of esters is 1. The van der Waals surface area contributed by atoms with E-state index >= 15 is 0 Å². The molecule has 0 bridgehead atoms. The standard InChI is InChI=1S/C15H29ClO2Si/c1-5-7-11-19(16,12-8-6-2)13-9-10-18-15(17)14(3)4/h3,5-13H2,1-2,4H3. The highest BCUT2D eigenvalue weighted by Gasteiger charge is 2.28. The Bertz CT molecular complexity index is 271. The average Bonchev–Trinajstić information content (AvgIpc) is 2.39. The van der Waals surface area contributed by atoms with Gasteiger partial charge in [0, 0.05) is 5.57 Å². The molecule has 0 aromatic rings. The van der Waals surface area contributed by atoms with E-state index in [2.05, 4.69) is 20.4 Å². The normalized spacial score (nSPS) is 11.4. The lowest BCUT2D eigenvalue weighted by atomic mass is 10.4. The Kier molecular flexibility index (Phi) is 10.3. The Labute approximate surface area is 124 Å². The molecule has 19 heavy (non-hydrogen) atoms. The second kappa shape index (κ2) is 10.5. The molecule has 0 radical (unpaired) electrons. The van der Waals surface area contributed by atoms with Crippen LogP contribution < -0.4 is 0 Å². The van der Waals surface area contributed by atoms with Crippen LogP contribution in [0, 0.1) is 0 Å². The van der Waals surface area contributed by atoms with Crippen molar-refractivity contribution < 1.29 is 9.53 Å². The predicted molar refractivity (Wildman–Crippen MR) is 86.2 cm³/mol. The molecule has 0 spiro atoms. The number of halogens is 1. The Morgan fingerprint density at radius 3 is 2.00 bits per heavy atom. The van der Waals surface area contributed by atoms with Crippen LogP contribution in [-0.2, 0) is 9.53 Å². The smallest absolute Gasteiger partial charge is 0.333 e. The summed E-state index contributed by atoms with van der Waals surface area (Å²) in [6.07, 6.45) is 5.76. The van der Waals surface area contributed by atoms with Crippen molar-refractivity contribution in [1.82, 2.24) is 0 Å². The van der Waals surface area contributed by atoms with Crippen molar-refractivity contribution in [1.29, 1.82) is 0 Å². The van der Waals surface area contributed by atoms with Crippen molar-refractivity contribution in [2.45, 2.75) is 71.0 Å². The van der Waals surface area contributed by atoms with Crippen LogP contribution in [-0.4, -0.2) is 20.0 Å². The van der Waals surface area contributed by atoms with Crippen LogP contribution in [0.15, 0.2) is 12.2 Å². The van der Waals surface area contributed by atoms with Crippen LogP contribution >= 0.6 is 11.1 Å². The molecule has 0 atom stereocenters. The van der Waals surface area contributed by atoms with Crippen LogP contribution in [0.2, 0.25) is 18.1 Å². The molecule has 2 nitrogen and oxygen atoms in total. The maximum absolute atomic E-state index is 11.3. The van der Waals surface area contributed by atoms with E-state index in [1.807, 2.05) is 0 Å². The average molecular weight is 305 g/mol. The molecule has 0 N–H and O–H groups in total. The van der Waals surface area contributed by atoms with E-state index in [-0.39, 0.29) is 5.97 Å². The van der Waals surface area contributed by atoms with Crippen LogP contribution in [0.1, 0.15) is 52.9 Å². The molecular weight excluding hydrogens is 276 g/mol. The summed E-state index contributed by atoms with van der Waals surface area (Å²) in [6, 6.07) is 3.44. The fourth-order valence-corrected chi connectivity index (χ4v) is 6.74. The number of unbranched alkanes of at least 4 members (excludes halogenated alkanes) is 2. The lowest BCUT2D eigenvalue weighted by Gasteiger charge is -2.24. The summed E-state index contributed by atoms with van der Waals surface area (Å²) >= 11 is 6.86. The molecule has 0 rings (SSSR count). The van der Waals surface area contributed by atoms with Gasteiger partial charge >= 0.3 is 5.97 Å². The first kappa shape index (κ1) is 18.7. The fourth-order valence-electron chi connectivity index (χ4n) is 2.04. The number of hydrogen-bond donors (Lipinski definition) is 0. The molecule has 0 aliphatic rings. The zero-order chi connectivity index (χ0) is 14.7. The largest absolute Gasteiger partial charge is 0.462 e. The third-order valence-corrected chi connectivity index (χ3v) is 8.76. The van der Waals surface area contributed by atoms with E-state index in [9.17, 15) is 4.79 Å². The van der Waals surface area contributed by atoms with Gasteiger partial charge in [0.2, 0.25) is 0 Å². The van der Waals surface area contributed by atoms with E-state index in [4.69, 9.17) is 15.8 Å². The molecule has 0 amide bonds. The lowest BCUT2D eigenvalue weighted by molar-refractivity contribution is -0.138. The Morgan fingerprint density at radius 1 is 1.11 bits per heavy atom. The molecule has 0 saturated carbocycles. The van der Waals surface area contributed by atoms with Gasteiger partial charge in [0.15, 0.2) is 7.38 Å². The summed E-state index contributed by atoms with van der Waals surface area (Å²) in [5, 5.41) is 0. The van der Waals surface area contributed by atoms with Gasteiger partial charge in [0.05, 0.1) is 6.61 Å². The minimum Gasteiger partial charge on any atom is -0.462 e. The number of ether oxygens (including phenoxy) is 1. The molecule has 112 valence electrons. The van der Waals surface area contributed by atoms with Crippen molar-refractivity contribution in [3.63, 3.8) is 0 Å². The van der Waals surface area contributed by atoms with Gasteiger partial charge in [-0.3, -0.25) is 0 Å². The quantitative estimate of drug-likeness (QED) is 0.171. The first-order chi connectivity index (χ1) is 8.95. The molecule has 0 fully saturated rings.